The first-order chi connectivity index (χ1) is 14.6. The van der Waals surface area contributed by atoms with Crippen LogP contribution in [-0.4, -0.2) is 53.1 Å². The van der Waals surface area contributed by atoms with Crippen LogP contribution < -0.4 is 9.64 Å². The van der Waals surface area contributed by atoms with Gasteiger partial charge in [-0.2, -0.15) is 0 Å². The summed E-state index contributed by atoms with van der Waals surface area (Å²) in [7, 11) is 1.63. The number of aromatic nitrogens is 3. The van der Waals surface area contributed by atoms with Crippen molar-refractivity contribution >= 4 is 17.2 Å². The van der Waals surface area contributed by atoms with Crippen LogP contribution in [0, 0.1) is 0 Å². The van der Waals surface area contributed by atoms with Gasteiger partial charge in [0.15, 0.2) is 0 Å². The summed E-state index contributed by atoms with van der Waals surface area (Å²) < 4.78 is 11.3. The molecule has 0 saturated carbocycles. The molecule has 152 valence electrons. The third-order valence-corrected chi connectivity index (χ3v) is 5.40. The summed E-state index contributed by atoms with van der Waals surface area (Å²) in [6.45, 7) is 5.81. The Hall–Kier alpha value is -3.32. The molecule has 5 rings (SSSR count). The highest BCUT2D eigenvalue weighted by Crippen LogP contribution is 2.37. The van der Waals surface area contributed by atoms with E-state index in [-0.39, 0.29) is 12.2 Å². The third kappa shape index (κ3) is 3.31. The van der Waals surface area contributed by atoms with Crippen molar-refractivity contribution in [2.75, 3.05) is 25.1 Å². The van der Waals surface area contributed by atoms with Gasteiger partial charge in [0.2, 0.25) is 5.88 Å². The molecule has 4 heterocycles. The molecule has 0 aliphatic carbocycles. The van der Waals surface area contributed by atoms with Crippen molar-refractivity contribution in [3.63, 3.8) is 0 Å². The molecule has 2 aromatic heterocycles. The van der Waals surface area contributed by atoms with E-state index in [1.807, 2.05) is 30.3 Å². The minimum absolute atomic E-state index is 0.172. The van der Waals surface area contributed by atoms with Crippen LogP contribution in [0.1, 0.15) is 25.1 Å². The van der Waals surface area contributed by atoms with E-state index in [4.69, 9.17) is 9.47 Å². The number of hydrogen-bond acceptors (Lipinski definition) is 7. The number of morpholine rings is 1. The molecule has 7 nitrogen and oxygen atoms in total. The van der Waals surface area contributed by atoms with Crippen molar-refractivity contribution in [3.05, 3.63) is 60.2 Å². The lowest BCUT2D eigenvalue weighted by molar-refractivity contribution is -0.00546. The van der Waals surface area contributed by atoms with Gasteiger partial charge in [0, 0.05) is 36.5 Å². The van der Waals surface area contributed by atoms with E-state index in [0.717, 1.165) is 52.7 Å². The number of fused-ring (bicyclic) bond motifs is 1. The van der Waals surface area contributed by atoms with Gasteiger partial charge in [0.05, 0.1) is 36.4 Å². The Labute approximate surface area is 175 Å². The number of rotatable bonds is 4. The molecule has 0 spiro atoms. The van der Waals surface area contributed by atoms with Crippen LogP contribution in [-0.2, 0) is 4.74 Å². The van der Waals surface area contributed by atoms with Crippen LogP contribution in [0.15, 0.2) is 53.9 Å². The van der Waals surface area contributed by atoms with Crippen molar-refractivity contribution < 1.29 is 9.47 Å². The number of anilines is 1. The van der Waals surface area contributed by atoms with E-state index >= 15 is 0 Å². The molecule has 1 aromatic carbocycles. The third-order valence-electron chi connectivity index (χ3n) is 5.40. The molecule has 2 unspecified atom stereocenters. The molecule has 30 heavy (non-hydrogen) atoms. The number of nitrogens with zero attached hydrogens (tertiary/aromatic N) is 5. The minimum Gasteiger partial charge on any atom is -0.481 e. The van der Waals surface area contributed by atoms with E-state index in [9.17, 15) is 0 Å². The highest BCUT2D eigenvalue weighted by Gasteiger charge is 2.26. The predicted octanol–water partition coefficient (Wildman–Crippen LogP) is 3.64. The first kappa shape index (κ1) is 18.7. The summed E-state index contributed by atoms with van der Waals surface area (Å²) in [6.07, 6.45) is 3.69. The van der Waals surface area contributed by atoms with Crippen molar-refractivity contribution in [1.82, 2.24) is 15.0 Å². The maximum atomic E-state index is 5.84. The average Bonchev–Trinajstić information content (AvgIpc) is 2.74. The van der Waals surface area contributed by atoms with Crippen LogP contribution in [0.2, 0.25) is 0 Å². The summed E-state index contributed by atoms with van der Waals surface area (Å²) >= 11 is 0. The van der Waals surface area contributed by atoms with Gasteiger partial charge in [-0.3, -0.25) is 0 Å². The number of aliphatic imine (C=N–C) groups is 1. The van der Waals surface area contributed by atoms with Crippen molar-refractivity contribution in [3.8, 4) is 17.0 Å². The van der Waals surface area contributed by atoms with Gasteiger partial charge in [0.1, 0.15) is 12.1 Å². The van der Waals surface area contributed by atoms with E-state index in [0.29, 0.717) is 5.88 Å². The zero-order valence-electron chi connectivity index (χ0n) is 17.2. The fourth-order valence-electron chi connectivity index (χ4n) is 4.10. The maximum absolute atomic E-state index is 5.84. The molecular weight excluding hydrogens is 378 g/mol. The number of pyridine rings is 1. The molecule has 2 atom stereocenters. The Balaban J connectivity index is 1.45. The lowest BCUT2D eigenvalue weighted by atomic mass is 9.94. The molecule has 1 fully saturated rings. The Bertz CT molecular complexity index is 1120. The number of methoxy groups -OCH3 is 1. The first-order valence-electron chi connectivity index (χ1n) is 10.1. The van der Waals surface area contributed by atoms with Crippen LogP contribution in [0.4, 0.5) is 11.5 Å². The SMILES string of the molecule is COc1ncccc1-c1ccc2c(c1)C(c1cc(N3CC(C)OC(C)C3)ncn1)=N2. The molecule has 7 heteroatoms. The summed E-state index contributed by atoms with van der Waals surface area (Å²) in [6, 6.07) is 12.1. The van der Waals surface area contributed by atoms with Crippen LogP contribution in [0.5, 0.6) is 5.88 Å². The Morgan fingerprint density at radius 2 is 1.83 bits per heavy atom. The highest BCUT2D eigenvalue weighted by molar-refractivity contribution is 6.21. The largest absolute Gasteiger partial charge is 0.481 e. The second-order valence-electron chi connectivity index (χ2n) is 7.68. The lowest BCUT2D eigenvalue weighted by Gasteiger charge is -2.36. The van der Waals surface area contributed by atoms with Gasteiger partial charge < -0.3 is 14.4 Å². The number of benzene rings is 1. The smallest absolute Gasteiger partial charge is 0.221 e. The molecule has 0 bridgehead atoms. The Kier molecular flexibility index (Phi) is 4.67. The lowest BCUT2D eigenvalue weighted by Crippen LogP contribution is -2.45. The second-order valence-corrected chi connectivity index (χ2v) is 7.68. The fraction of sp³-hybridized carbons (Fsp3) is 0.304. The fourth-order valence-corrected chi connectivity index (χ4v) is 4.10. The standard InChI is InChI=1S/C23H23N5O2/c1-14-11-28(12-15(2)30-14)21-10-20(25-13-26-21)22-18-9-16(6-7-19(18)27-22)17-5-4-8-24-23(17)29-3/h4-10,13-15H,11-12H2,1-3H3. The summed E-state index contributed by atoms with van der Waals surface area (Å²) in [4.78, 5) is 20.2. The quantitative estimate of drug-likeness (QED) is 0.520. The molecule has 3 aromatic rings. The molecule has 0 amide bonds. The van der Waals surface area contributed by atoms with Crippen molar-refractivity contribution in [1.29, 1.82) is 0 Å². The minimum atomic E-state index is 0.172. The Morgan fingerprint density at radius 1 is 1.00 bits per heavy atom. The number of hydrogen-bond donors (Lipinski definition) is 0. The van der Waals surface area contributed by atoms with Crippen LogP contribution >= 0.6 is 0 Å². The predicted molar refractivity (Wildman–Crippen MR) is 116 cm³/mol. The van der Waals surface area contributed by atoms with Gasteiger partial charge in [-0.1, -0.05) is 6.07 Å². The van der Waals surface area contributed by atoms with E-state index in [1.54, 1.807) is 19.6 Å². The molecule has 0 N–H and O–H groups in total. The van der Waals surface area contributed by atoms with Gasteiger partial charge >= 0.3 is 0 Å². The average molecular weight is 401 g/mol. The van der Waals surface area contributed by atoms with E-state index in [1.165, 1.54) is 0 Å². The number of ether oxygens (including phenoxy) is 2. The second kappa shape index (κ2) is 7.50. The Morgan fingerprint density at radius 3 is 2.63 bits per heavy atom. The summed E-state index contributed by atoms with van der Waals surface area (Å²) in [5, 5.41) is 0. The van der Waals surface area contributed by atoms with Gasteiger partial charge in [-0.25, -0.2) is 19.9 Å². The highest BCUT2D eigenvalue weighted by atomic mass is 16.5. The zero-order valence-corrected chi connectivity index (χ0v) is 17.2. The van der Waals surface area contributed by atoms with Crippen LogP contribution in [0.25, 0.3) is 11.1 Å². The maximum Gasteiger partial charge on any atom is 0.221 e. The topological polar surface area (TPSA) is 72.7 Å². The molecule has 2 aliphatic heterocycles. The zero-order chi connectivity index (χ0) is 20.7. The molecule has 0 radical (unpaired) electrons. The van der Waals surface area contributed by atoms with Crippen molar-refractivity contribution in [2.24, 2.45) is 4.99 Å². The van der Waals surface area contributed by atoms with Crippen LogP contribution in [0.3, 0.4) is 0 Å². The van der Waals surface area contributed by atoms with Gasteiger partial charge in [0.25, 0.3) is 0 Å². The van der Waals surface area contributed by atoms with E-state index in [2.05, 4.69) is 44.8 Å². The van der Waals surface area contributed by atoms with Gasteiger partial charge in [-0.15, -0.1) is 0 Å². The molecule has 2 aliphatic rings. The van der Waals surface area contributed by atoms with E-state index < -0.39 is 0 Å². The first-order valence-corrected chi connectivity index (χ1v) is 10.1. The normalized spacial score (nSPS) is 20.2. The van der Waals surface area contributed by atoms with Gasteiger partial charge in [-0.05, 0) is 43.7 Å². The summed E-state index contributed by atoms with van der Waals surface area (Å²) in [5.41, 5.74) is 5.74. The van der Waals surface area contributed by atoms with Crippen molar-refractivity contribution in [2.45, 2.75) is 26.1 Å². The molecular formula is C23H23N5O2. The molecule has 1 saturated heterocycles. The summed E-state index contributed by atoms with van der Waals surface area (Å²) in [5.74, 6) is 1.51. The monoisotopic (exact) mass is 401 g/mol.